The van der Waals surface area contributed by atoms with Crippen LogP contribution < -0.4 is 4.72 Å². The van der Waals surface area contributed by atoms with Crippen LogP contribution in [0.15, 0.2) is 35.5 Å². The number of hydrogen-bond acceptors (Lipinski definition) is 6. The second-order valence-electron chi connectivity index (χ2n) is 4.05. The number of aromatic nitrogens is 2. The van der Waals surface area contributed by atoms with Crippen LogP contribution in [0.1, 0.15) is 5.56 Å². The highest BCUT2D eigenvalue weighted by molar-refractivity contribution is 7.92. The van der Waals surface area contributed by atoms with E-state index in [9.17, 15) is 18.5 Å². The van der Waals surface area contributed by atoms with Crippen LogP contribution in [-0.2, 0) is 10.0 Å². The van der Waals surface area contributed by atoms with E-state index in [0.717, 1.165) is 18.5 Å². The summed E-state index contributed by atoms with van der Waals surface area (Å²) >= 11 is 5.48. The van der Waals surface area contributed by atoms with Gasteiger partial charge >= 0.3 is 0 Å². The third-order valence-electron chi connectivity index (χ3n) is 2.56. The molecule has 1 heterocycles. The van der Waals surface area contributed by atoms with Crippen LogP contribution in [0.5, 0.6) is 0 Å². The molecule has 0 atom stereocenters. The molecule has 1 N–H and O–H groups in total. The molecule has 0 aliphatic heterocycles. The van der Waals surface area contributed by atoms with Gasteiger partial charge in [0.25, 0.3) is 15.7 Å². The Morgan fingerprint density at radius 3 is 2.48 bits per heavy atom. The van der Waals surface area contributed by atoms with E-state index in [1.165, 1.54) is 12.1 Å². The maximum Gasteiger partial charge on any atom is 0.274 e. The predicted octanol–water partition coefficient (Wildman–Crippen LogP) is 2.15. The first kappa shape index (κ1) is 15.1. The number of nitro benzene ring substituents is 1. The number of hydrogen-bond donors (Lipinski definition) is 1. The maximum absolute atomic E-state index is 12.1. The second kappa shape index (κ2) is 5.62. The Balaban J connectivity index is 2.35. The lowest BCUT2D eigenvalue weighted by atomic mass is 10.2. The Morgan fingerprint density at radius 2 is 1.90 bits per heavy atom. The number of halogens is 1. The smallest absolute Gasteiger partial charge is 0.274 e. The average Bonchev–Trinajstić information content (AvgIpc) is 2.41. The quantitative estimate of drug-likeness (QED) is 0.522. The molecule has 2 aromatic rings. The molecule has 1 aromatic heterocycles. The molecular formula is C11H9ClN4O4S. The number of nitrogens with zero attached hydrogens (tertiary/aromatic N) is 3. The third kappa shape index (κ3) is 3.44. The van der Waals surface area contributed by atoms with Crippen LogP contribution >= 0.6 is 11.6 Å². The molecule has 0 amide bonds. The van der Waals surface area contributed by atoms with Gasteiger partial charge in [-0.3, -0.25) is 14.8 Å². The second-order valence-corrected chi connectivity index (χ2v) is 6.07. The van der Waals surface area contributed by atoms with E-state index in [1.807, 2.05) is 0 Å². The van der Waals surface area contributed by atoms with Crippen LogP contribution in [-0.4, -0.2) is 23.3 Å². The molecule has 1 aromatic carbocycles. The SMILES string of the molecule is Cc1ccc(NS(=O)(=O)c2cnc(Cl)nc2)cc1[N+](=O)[O-]. The van der Waals surface area contributed by atoms with Gasteiger partial charge < -0.3 is 0 Å². The molecule has 0 aliphatic carbocycles. The van der Waals surface area contributed by atoms with Crippen LogP contribution in [0.25, 0.3) is 0 Å². The standard InChI is InChI=1S/C11H9ClN4O4S/c1-7-2-3-8(4-10(7)16(17)18)15-21(19,20)9-5-13-11(12)14-6-9/h2-6,15H,1H3. The van der Waals surface area contributed by atoms with Gasteiger partial charge in [-0.05, 0) is 24.6 Å². The van der Waals surface area contributed by atoms with Crippen molar-refractivity contribution >= 4 is 33.0 Å². The molecule has 0 unspecified atom stereocenters. The van der Waals surface area contributed by atoms with Crippen molar-refractivity contribution < 1.29 is 13.3 Å². The molecule has 0 aliphatic rings. The molecule has 8 nitrogen and oxygen atoms in total. The molecular weight excluding hydrogens is 320 g/mol. The Kier molecular flexibility index (Phi) is 4.05. The molecule has 0 fully saturated rings. The maximum atomic E-state index is 12.1. The fourth-order valence-electron chi connectivity index (χ4n) is 1.52. The molecule has 0 radical (unpaired) electrons. The topological polar surface area (TPSA) is 115 Å². The Hall–Kier alpha value is -2.26. The highest BCUT2D eigenvalue weighted by Gasteiger charge is 2.18. The normalized spacial score (nSPS) is 11.1. The monoisotopic (exact) mass is 328 g/mol. The van der Waals surface area contributed by atoms with Gasteiger partial charge in [0.05, 0.1) is 23.0 Å². The number of aryl methyl sites for hydroxylation is 1. The van der Waals surface area contributed by atoms with E-state index in [-0.39, 0.29) is 21.6 Å². The first-order valence-electron chi connectivity index (χ1n) is 5.55. The van der Waals surface area contributed by atoms with Gasteiger partial charge in [0.15, 0.2) is 0 Å². The lowest BCUT2D eigenvalue weighted by Crippen LogP contribution is -2.13. The van der Waals surface area contributed by atoms with Crippen molar-refractivity contribution in [2.45, 2.75) is 11.8 Å². The first-order valence-corrected chi connectivity index (χ1v) is 7.41. The van der Waals surface area contributed by atoms with Gasteiger partial charge in [-0.25, -0.2) is 18.4 Å². The summed E-state index contributed by atoms with van der Waals surface area (Å²) in [7, 11) is -3.94. The highest BCUT2D eigenvalue weighted by Crippen LogP contribution is 2.24. The zero-order valence-corrected chi connectivity index (χ0v) is 12.2. The molecule has 0 spiro atoms. The van der Waals surface area contributed by atoms with E-state index in [0.29, 0.717) is 5.56 Å². The summed E-state index contributed by atoms with van der Waals surface area (Å²) < 4.78 is 26.4. The van der Waals surface area contributed by atoms with Crippen molar-refractivity contribution in [3.05, 3.63) is 51.6 Å². The lowest BCUT2D eigenvalue weighted by molar-refractivity contribution is -0.385. The summed E-state index contributed by atoms with van der Waals surface area (Å²) in [6, 6.07) is 4.02. The molecule has 0 saturated heterocycles. The van der Waals surface area contributed by atoms with E-state index < -0.39 is 14.9 Å². The molecule has 110 valence electrons. The molecule has 10 heteroatoms. The van der Waals surface area contributed by atoms with E-state index in [1.54, 1.807) is 6.92 Å². The van der Waals surface area contributed by atoms with Gasteiger partial charge in [0.1, 0.15) is 4.90 Å². The van der Waals surface area contributed by atoms with E-state index in [4.69, 9.17) is 11.6 Å². The summed E-state index contributed by atoms with van der Waals surface area (Å²) in [6.07, 6.45) is 2.08. The fourth-order valence-corrected chi connectivity index (χ4v) is 2.56. The van der Waals surface area contributed by atoms with Crippen molar-refractivity contribution in [3.8, 4) is 0 Å². The number of anilines is 1. The number of nitrogens with one attached hydrogen (secondary N) is 1. The van der Waals surface area contributed by atoms with Gasteiger partial charge in [-0.2, -0.15) is 0 Å². The summed E-state index contributed by atoms with van der Waals surface area (Å²) in [4.78, 5) is 17.2. The number of sulfonamides is 1. The molecule has 21 heavy (non-hydrogen) atoms. The Morgan fingerprint density at radius 1 is 1.29 bits per heavy atom. The minimum absolute atomic E-state index is 0.0715. The van der Waals surface area contributed by atoms with Crippen LogP contribution in [0.2, 0.25) is 5.28 Å². The Bertz CT molecular complexity index is 792. The van der Waals surface area contributed by atoms with Crippen LogP contribution in [0.3, 0.4) is 0 Å². The van der Waals surface area contributed by atoms with Crippen molar-refractivity contribution in [2.24, 2.45) is 0 Å². The van der Waals surface area contributed by atoms with Gasteiger partial charge in [-0.1, -0.05) is 6.07 Å². The largest absolute Gasteiger partial charge is 0.279 e. The van der Waals surface area contributed by atoms with E-state index in [2.05, 4.69) is 14.7 Å². The third-order valence-corrected chi connectivity index (χ3v) is 4.10. The fraction of sp³-hybridized carbons (Fsp3) is 0.0909. The summed E-state index contributed by atoms with van der Waals surface area (Å²) in [6.45, 7) is 1.56. The summed E-state index contributed by atoms with van der Waals surface area (Å²) in [5, 5.41) is 10.8. The average molecular weight is 329 g/mol. The van der Waals surface area contributed by atoms with Crippen molar-refractivity contribution in [2.75, 3.05) is 4.72 Å². The molecule has 0 saturated carbocycles. The highest BCUT2D eigenvalue weighted by atomic mass is 35.5. The van der Waals surface area contributed by atoms with Crippen molar-refractivity contribution in [1.29, 1.82) is 0 Å². The summed E-state index contributed by atoms with van der Waals surface area (Å²) in [5.41, 5.74) is 0.322. The first-order chi connectivity index (χ1) is 9.79. The van der Waals surface area contributed by atoms with Crippen LogP contribution in [0.4, 0.5) is 11.4 Å². The van der Waals surface area contributed by atoms with E-state index >= 15 is 0 Å². The van der Waals surface area contributed by atoms with Gasteiger partial charge in [0, 0.05) is 11.6 Å². The van der Waals surface area contributed by atoms with Crippen molar-refractivity contribution in [3.63, 3.8) is 0 Å². The zero-order chi connectivity index (χ0) is 15.6. The molecule has 0 bridgehead atoms. The zero-order valence-electron chi connectivity index (χ0n) is 10.6. The minimum atomic E-state index is -3.94. The molecule has 2 rings (SSSR count). The van der Waals surface area contributed by atoms with Gasteiger partial charge in [-0.15, -0.1) is 0 Å². The predicted molar refractivity (Wildman–Crippen MR) is 75.7 cm³/mol. The minimum Gasteiger partial charge on any atom is -0.279 e. The van der Waals surface area contributed by atoms with Gasteiger partial charge in [0.2, 0.25) is 5.28 Å². The van der Waals surface area contributed by atoms with Crippen molar-refractivity contribution in [1.82, 2.24) is 9.97 Å². The Labute approximate surface area is 125 Å². The number of benzene rings is 1. The number of nitro groups is 1. The lowest BCUT2D eigenvalue weighted by Gasteiger charge is -2.08. The summed E-state index contributed by atoms with van der Waals surface area (Å²) in [5.74, 6) is 0. The number of rotatable bonds is 4. The van der Waals surface area contributed by atoms with Crippen LogP contribution in [0, 0.1) is 17.0 Å².